The van der Waals surface area contributed by atoms with Crippen LogP contribution in [-0.4, -0.2) is 15.7 Å². The fourth-order valence-corrected chi connectivity index (χ4v) is 2.33. The molecule has 0 radical (unpaired) electrons. The Morgan fingerprint density at radius 2 is 2.00 bits per heavy atom. The fraction of sp³-hybridized carbons (Fsp3) is 0.375. The SMILES string of the molecule is CCC(NC(=O)c1cnn(CC)c1C)c1ccccc1. The van der Waals surface area contributed by atoms with Gasteiger partial charge in [0.05, 0.1) is 17.8 Å². The first kappa shape index (κ1) is 14.3. The molecule has 1 aromatic carbocycles. The van der Waals surface area contributed by atoms with E-state index in [1.807, 2.05) is 48.9 Å². The lowest BCUT2D eigenvalue weighted by atomic mass is 10.0. The minimum Gasteiger partial charge on any atom is -0.345 e. The molecule has 1 amide bonds. The summed E-state index contributed by atoms with van der Waals surface area (Å²) < 4.78 is 1.83. The Kier molecular flexibility index (Phi) is 4.56. The van der Waals surface area contributed by atoms with E-state index in [9.17, 15) is 4.79 Å². The third kappa shape index (κ3) is 2.90. The van der Waals surface area contributed by atoms with Crippen molar-refractivity contribution in [3.8, 4) is 0 Å². The third-order valence-electron chi connectivity index (χ3n) is 3.56. The van der Waals surface area contributed by atoms with E-state index in [2.05, 4.69) is 17.3 Å². The summed E-state index contributed by atoms with van der Waals surface area (Å²) >= 11 is 0. The minimum atomic E-state index is -0.0575. The van der Waals surface area contributed by atoms with Crippen LogP contribution >= 0.6 is 0 Å². The van der Waals surface area contributed by atoms with Gasteiger partial charge in [0.25, 0.3) is 5.91 Å². The number of amides is 1. The van der Waals surface area contributed by atoms with Crippen molar-refractivity contribution in [2.24, 2.45) is 0 Å². The lowest BCUT2D eigenvalue weighted by Gasteiger charge is -2.17. The van der Waals surface area contributed by atoms with Crippen LogP contribution in [0.4, 0.5) is 0 Å². The molecular weight excluding hydrogens is 250 g/mol. The van der Waals surface area contributed by atoms with Crippen LogP contribution in [0, 0.1) is 6.92 Å². The zero-order valence-electron chi connectivity index (χ0n) is 12.3. The summed E-state index contributed by atoms with van der Waals surface area (Å²) in [6.45, 7) is 6.78. The summed E-state index contributed by atoms with van der Waals surface area (Å²) in [5.74, 6) is -0.0575. The van der Waals surface area contributed by atoms with Crippen LogP contribution < -0.4 is 5.32 Å². The molecule has 2 aromatic rings. The molecule has 0 fully saturated rings. The van der Waals surface area contributed by atoms with Crippen molar-refractivity contribution >= 4 is 5.91 Å². The number of aromatic nitrogens is 2. The summed E-state index contributed by atoms with van der Waals surface area (Å²) in [5.41, 5.74) is 2.69. The predicted molar refractivity (Wildman–Crippen MR) is 79.6 cm³/mol. The van der Waals surface area contributed by atoms with Gasteiger partial charge in [-0.15, -0.1) is 0 Å². The van der Waals surface area contributed by atoms with Crippen LogP contribution in [0.1, 0.15) is 47.9 Å². The molecule has 1 atom stereocenters. The van der Waals surface area contributed by atoms with Crippen molar-refractivity contribution in [2.75, 3.05) is 0 Å². The minimum absolute atomic E-state index is 0.0353. The van der Waals surface area contributed by atoms with E-state index in [1.54, 1.807) is 6.20 Å². The number of hydrogen-bond acceptors (Lipinski definition) is 2. The first-order valence-electron chi connectivity index (χ1n) is 7.05. The van der Waals surface area contributed by atoms with Crippen LogP contribution in [0.5, 0.6) is 0 Å². The molecule has 0 saturated carbocycles. The Morgan fingerprint density at radius 3 is 2.55 bits per heavy atom. The highest BCUT2D eigenvalue weighted by Crippen LogP contribution is 2.17. The molecule has 1 unspecified atom stereocenters. The van der Waals surface area contributed by atoms with Gasteiger partial charge in [-0.25, -0.2) is 0 Å². The van der Waals surface area contributed by atoms with Crippen LogP contribution in [0.3, 0.4) is 0 Å². The second-order valence-corrected chi connectivity index (χ2v) is 4.80. The van der Waals surface area contributed by atoms with Crippen LogP contribution in [0.2, 0.25) is 0 Å². The maximum atomic E-state index is 12.4. The molecule has 1 heterocycles. The van der Waals surface area contributed by atoms with Gasteiger partial charge in [0, 0.05) is 12.2 Å². The number of benzene rings is 1. The predicted octanol–water partition coefficient (Wildman–Crippen LogP) is 3.09. The quantitative estimate of drug-likeness (QED) is 0.908. The largest absolute Gasteiger partial charge is 0.345 e. The van der Waals surface area contributed by atoms with Gasteiger partial charge in [-0.3, -0.25) is 9.48 Å². The van der Waals surface area contributed by atoms with Gasteiger partial charge >= 0.3 is 0 Å². The molecule has 0 bridgehead atoms. The summed E-state index contributed by atoms with van der Waals surface area (Å²) in [7, 11) is 0. The Balaban J connectivity index is 2.15. The average molecular weight is 271 g/mol. The van der Waals surface area contributed by atoms with Gasteiger partial charge in [-0.2, -0.15) is 5.10 Å². The van der Waals surface area contributed by atoms with Crippen molar-refractivity contribution in [3.05, 3.63) is 53.3 Å². The molecule has 0 spiro atoms. The van der Waals surface area contributed by atoms with Crippen LogP contribution in [0.15, 0.2) is 36.5 Å². The van der Waals surface area contributed by atoms with Crippen LogP contribution in [-0.2, 0) is 6.54 Å². The highest BCUT2D eigenvalue weighted by Gasteiger charge is 2.17. The molecule has 4 nitrogen and oxygen atoms in total. The van der Waals surface area contributed by atoms with Crippen molar-refractivity contribution in [2.45, 2.75) is 39.8 Å². The summed E-state index contributed by atoms with van der Waals surface area (Å²) in [6, 6.07) is 10.1. The lowest BCUT2D eigenvalue weighted by molar-refractivity contribution is 0.0935. The highest BCUT2D eigenvalue weighted by atomic mass is 16.1. The molecule has 0 saturated heterocycles. The Labute approximate surface area is 119 Å². The number of aryl methyl sites for hydroxylation is 1. The number of nitrogens with one attached hydrogen (secondary N) is 1. The van der Waals surface area contributed by atoms with Gasteiger partial charge in [0.1, 0.15) is 0 Å². The van der Waals surface area contributed by atoms with Gasteiger partial charge in [0.15, 0.2) is 0 Å². The summed E-state index contributed by atoms with van der Waals surface area (Å²) in [6.07, 6.45) is 2.50. The van der Waals surface area contributed by atoms with Gasteiger partial charge in [-0.1, -0.05) is 37.3 Å². The van der Waals surface area contributed by atoms with Crippen molar-refractivity contribution in [3.63, 3.8) is 0 Å². The van der Waals surface area contributed by atoms with E-state index in [4.69, 9.17) is 0 Å². The summed E-state index contributed by atoms with van der Waals surface area (Å²) in [4.78, 5) is 12.4. The van der Waals surface area contributed by atoms with Crippen molar-refractivity contribution < 1.29 is 4.79 Å². The smallest absolute Gasteiger partial charge is 0.255 e. The second kappa shape index (κ2) is 6.37. The molecule has 106 valence electrons. The number of carbonyl (C=O) groups is 1. The topological polar surface area (TPSA) is 46.9 Å². The summed E-state index contributed by atoms with van der Waals surface area (Å²) in [5, 5.41) is 7.30. The highest BCUT2D eigenvalue weighted by molar-refractivity contribution is 5.95. The molecule has 20 heavy (non-hydrogen) atoms. The standard InChI is InChI=1S/C16H21N3O/c1-4-15(13-9-7-6-8-10-13)18-16(20)14-11-17-19(5-2)12(14)3/h6-11,15H,4-5H2,1-3H3,(H,18,20). The molecular formula is C16H21N3O. The monoisotopic (exact) mass is 271 g/mol. The van der Waals surface area contributed by atoms with E-state index in [1.165, 1.54) is 0 Å². The van der Waals surface area contributed by atoms with Gasteiger partial charge in [-0.05, 0) is 25.8 Å². The van der Waals surface area contributed by atoms with E-state index >= 15 is 0 Å². The molecule has 0 aliphatic heterocycles. The van der Waals surface area contributed by atoms with Gasteiger partial charge in [0.2, 0.25) is 0 Å². The Morgan fingerprint density at radius 1 is 1.30 bits per heavy atom. The van der Waals surface area contributed by atoms with Crippen molar-refractivity contribution in [1.29, 1.82) is 0 Å². The maximum Gasteiger partial charge on any atom is 0.255 e. The van der Waals surface area contributed by atoms with E-state index in [-0.39, 0.29) is 11.9 Å². The molecule has 0 aliphatic rings. The average Bonchev–Trinajstić information content (AvgIpc) is 2.86. The lowest BCUT2D eigenvalue weighted by Crippen LogP contribution is -2.28. The van der Waals surface area contributed by atoms with Crippen LogP contribution in [0.25, 0.3) is 0 Å². The number of hydrogen-bond donors (Lipinski definition) is 1. The molecule has 1 aromatic heterocycles. The maximum absolute atomic E-state index is 12.4. The first-order chi connectivity index (χ1) is 9.67. The third-order valence-corrected chi connectivity index (χ3v) is 3.56. The Hall–Kier alpha value is -2.10. The fourth-order valence-electron chi connectivity index (χ4n) is 2.33. The van der Waals surface area contributed by atoms with E-state index in [0.29, 0.717) is 5.56 Å². The van der Waals surface area contributed by atoms with E-state index in [0.717, 1.165) is 24.2 Å². The van der Waals surface area contributed by atoms with E-state index < -0.39 is 0 Å². The van der Waals surface area contributed by atoms with Crippen molar-refractivity contribution in [1.82, 2.24) is 15.1 Å². The van der Waals surface area contributed by atoms with Gasteiger partial charge < -0.3 is 5.32 Å². The number of carbonyl (C=O) groups excluding carboxylic acids is 1. The zero-order valence-corrected chi connectivity index (χ0v) is 12.3. The second-order valence-electron chi connectivity index (χ2n) is 4.80. The molecule has 0 aliphatic carbocycles. The zero-order chi connectivity index (χ0) is 14.5. The number of nitrogens with zero attached hydrogens (tertiary/aromatic N) is 2. The first-order valence-corrected chi connectivity index (χ1v) is 7.05. The molecule has 1 N–H and O–H groups in total. The number of rotatable bonds is 5. The molecule has 4 heteroatoms. The molecule has 2 rings (SSSR count). The normalized spacial score (nSPS) is 12.2. The Bertz CT molecular complexity index is 575.